The molecule has 0 saturated heterocycles. The molecule has 0 unspecified atom stereocenters. The first kappa shape index (κ1) is 10.9. The van der Waals surface area contributed by atoms with Crippen molar-refractivity contribution in [2.75, 3.05) is 5.43 Å². The standard InChI is InChI=1S/C11H12N4S/c1-8-2-4-9(5-3-8)16-10-6-7-13-11(14-10)15-12/h2-7H,12H2,1H3,(H,13,14,15). The Hall–Kier alpha value is -1.59. The van der Waals surface area contributed by atoms with Gasteiger partial charge in [-0.25, -0.2) is 15.8 Å². The molecule has 0 amide bonds. The lowest BCUT2D eigenvalue weighted by Crippen LogP contribution is -2.10. The summed E-state index contributed by atoms with van der Waals surface area (Å²) in [6, 6.07) is 10.1. The second-order valence-electron chi connectivity index (χ2n) is 3.28. The molecule has 82 valence electrons. The average molecular weight is 232 g/mol. The van der Waals surface area contributed by atoms with Crippen LogP contribution in [0.1, 0.15) is 5.56 Å². The molecule has 2 aromatic rings. The number of rotatable bonds is 3. The Morgan fingerprint density at radius 1 is 1.19 bits per heavy atom. The summed E-state index contributed by atoms with van der Waals surface area (Å²) in [5.74, 6) is 5.68. The molecule has 16 heavy (non-hydrogen) atoms. The van der Waals surface area contributed by atoms with Gasteiger partial charge in [0.25, 0.3) is 0 Å². The lowest BCUT2D eigenvalue weighted by molar-refractivity contribution is 1.03. The van der Waals surface area contributed by atoms with E-state index < -0.39 is 0 Å². The van der Waals surface area contributed by atoms with Crippen LogP contribution in [0.15, 0.2) is 46.5 Å². The van der Waals surface area contributed by atoms with Crippen molar-refractivity contribution in [3.05, 3.63) is 42.1 Å². The molecule has 0 aliphatic heterocycles. The first-order chi connectivity index (χ1) is 7.78. The fraction of sp³-hybridized carbons (Fsp3) is 0.0909. The third kappa shape index (κ3) is 2.71. The molecule has 0 aliphatic rings. The second-order valence-corrected chi connectivity index (χ2v) is 4.37. The molecule has 0 atom stereocenters. The van der Waals surface area contributed by atoms with Crippen LogP contribution in [-0.2, 0) is 0 Å². The number of anilines is 1. The molecule has 0 spiro atoms. The van der Waals surface area contributed by atoms with Gasteiger partial charge in [0.05, 0.1) is 0 Å². The quantitative estimate of drug-likeness (QED) is 0.482. The smallest absolute Gasteiger partial charge is 0.238 e. The molecule has 1 heterocycles. The molecular weight excluding hydrogens is 220 g/mol. The van der Waals surface area contributed by atoms with Crippen LogP contribution in [0.5, 0.6) is 0 Å². The molecule has 1 aromatic heterocycles. The first-order valence-electron chi connectivity index (χ1n) is 4.82. The second kappa shape index (κ2) is 4.96. The van der Waals surface area contributed by atoms with E-state index in [9.17, 15) is 0 Å². The monoisotopic (exact) mass is 232 g/mol. The highest BCUT2D eigenvalue weighted by Crippen LogP contribution is 2.26. The Morgan fingerprint density at radius 2 is 1.94 bits per heavy atom. The van der Waals surface area contributed by atoms with E-state index in [1.165, 1.54) is 5.56 Å². The SMILES string of the molecule is Cc1ccc(Sc2ccnc(NN)n2)cc1. The molecule has 0 fully saturated rings. The van der Waals surface area contributed by atoms with Gasteiger partial charge in [0.1, 0.15) is 5.03 Å². The number of benzene rings is 1. The molecule has 3 N–H and O–H groups in total. The molecule has 0 bridgehead atoms. The zero-order valence-electron chi connectivity index (χ0n) is 8.84. The maximum absolute atomic E-state index is 5.25. The van der Waals surface area contributed by atoms with Crippen LogP contribution in [0.4, 0.5) is 5.95 Å². The van der Waals surface area contributed by atoms with Gasteiger partial charge in [0, 0.05) is 11.1 Å². The molecule has 4 nitrogen and oxygen atoms in total. The van der Waals surface area contributed by atoms with Crippen LogP contribution < -0.4 is 11.3 Å². The summed E-state index contributed by atoms with van der Waals surface area (Å²) in [4.78, 5) is 9.32. The van der Waals surface area contributed by atoms with Crippen molar-refractivity contribution < 1.29 is 0 Å². The molecule has 0 radical (unpaired) electrons. The summed E-state index contributed by atoms with van der Waals surface area (Å²) in [5, 5.41) is 0.867. The zero-order valence-corrected chi connectivity index (χ0v) is 9.66. The summed E-state index contributed by atoms with van der Waals surface area (Å²) in [5.41, 5.74) is 3.67. The van der Waals surface area contributed by atoms with Crippen molar-refractivity contribution in [1.82, 2.24) is 9.97 Å². The molecule has 2 rings (SSSR count). The number of hydrogen-bond donors (Lipinski definition) is 2. The van der Waals surface area contributed by atoms with Crippen LogP contribution in [0, 0.1) is 6.92 Å². The van der Waals surface area contributed by atoms with E-state index in [1.54, 1.807) is 18.0 Å². The minimum atomic E-state index is 0.428. The van der Waals surface area contributed by atoms with Crippen molar-refractivity contribution in [1.29, 1.82) is 0 Å². The van der Waals surface area contributed by atoms with Crippen LogP contribution >= 0.6 is 11.8 Å². The van der Waals surface area contributed by atoms with Gasteiger partial charge >= 0.3 is 0 Å². The summed E-state index contributed by atoms with van der Waals surface area (Å²) in [7, 11) is 0. The van der Waals surface area contributed by atoms with Gasteiger partial charge in [-0.15, -0.1) is 0 Å². The number of nitrogens with zero attached hydrogens (tertiary/aromatic N) is 2. The lowest BCUT2D eigenvalue weighted by Gasteiger charge is -2.02. The average Bonchev–Trinajstić information content (AvgIpc) is 2.32. The van der Waals surface area contributed by atoms with Gasteiger partial charge in [-0.2, -0.15) is 0 Å². The lowest BCUT2D eigenvalue weighted by atomic mass is 10.2. The minimum Gasteiger partial charge on any atom is -0.292 e. The van der Waals surface area contributed by atoms with Gasteiger partial charge in [0.15, 0.2) is 0 Å². The fourth-order valence-electron chi connectivity index (χ4n) is 1.20. The highest BCUT2D eigenvalue weighted by Gasteiger charge is 2.00. The molecule has 1 aromatic carbocycles. The van der Waals surface area contributed by atoms with Crippen LogP contribution in [-0.4, -0.2) is 9.97 Å². The largest absolute Gasteiger partial charge is 0.292 e. The predicted octanol–water partition coefficient (Wildman–Crippen LogP) is 2.22. The molecule has 0 saturated carbocycles. The molecule has 0 aliphatic carbocycles. The summed E-state index contributed by atoms with van der Waals surface area (Å²) >= 11 is 1.58. The van der Waals surface area contributed by atoms with Crippen molar-refractivity contribution in [2.24, 2.45) is 5.84 Å². The van der Waals surface area contributed by atoms with E-state index in [1.807, 2.05) is 6.07 Å². The number of nitrogens with two attached hydrogens (primary N) is 1. The van der Waals surface area contributed by atoms with E-state index in [0.717, 1.165) is 9.92 Å². The normalized spacial score (nSPS) is 10.1. The van der Waals surface area contributed by atoms with E-state index in [0.29, 0.717) is 5.95 Å². The van der Waals surface area contributed by atoms with Crippen molar-refractivity contribution in [3.8, 4) is 0 Å². The van der Waals surface area contributed by atoms with Crippen molar-refractivity contribution >= 4 is 17.7 Å². The summed E-state index contributed by atoms with van der Waals surface area (Å²) < 4.78 is 0. The third-order valence-electron chi connectivity index (χ3n) is 2.00. The number of hydrogen-bond acceptors (Lipinski definition) is 5. The van der Waals surface area contributed by atoms with Gasteiger partial charge in [0.2, 0.25) is 5.95 Å². The predicted molar refractivity (Wildman–Crippen MR) is 65.1 cm³/mol. The highest BCUT2D eigenvalue weighted by atomic mass is 32.2. The van der Waals surface area contributed by atoms with E-state index in [4.69, 9.17) is 5.84 Å². The summed E-state index contributed by atoms with van der Waals surface area (Å²) in [6.45, 7) is 2.07. The Balaban J connectivity index is 2.16. The van der Waals surface area contributed by atoms with E-state index in [2.05, 4.69) is 46.6 Å². The number of aromatic nitrogens is 2. The zero-order chi connectivity index (χ0) is 11.4. The van der Waals surface area contributed by atoms with Crippen LogP contribution in [0.25, 0.3) is 0 Å². The topological polar surface area (TPSA) is 63.8 Å². The Labute approximate surface area is 98.3 Å². The number of nitrogen functional groups attached to an aromatic ring is 1. The highest BCUT2D eigenvalue weighted by molar-refractivity contribution is 7.99. The molecule has 5 heteroatoms. The van der Waals surface area contributed by atoms with E-state index in [-0.39, 0.29) is 0 Å². The van der Waals surface area contributed by atoms with Crippen LogP contribution in [0.2, 0.25) is 0 Å². The van der Waals surface area contributed by atoms with Crippen molar-refractivity contribution in [3.63, 3.8) is 0 Å². The minimum absolute atomic E-state index is 0.428. The number of aryl methyl sites for hydroxylation is 1. The van der Waals surface area contributed by atoms with Gasteiger partial charge in [-0.1, -0.05) is 29.5 Å². The third-order valence-corrected chi connectivity index (χ3v) is 2.95. The summed E-state index contributed by atoms with van der Waals surface area (Å²) in [6.07, 6.45) is 1.68. The Kier molecular flexibility index (Phi) is 3.38. The van der Waals surface area contributed by atoms with Gasteiger partial charge in [-0.05, 0) is 25.1 Å². The first-order valence-corrected chi connectivity index (χ1v) is 5.64. The fourth-order valence-corrected chi connectivity index (χ4v) is 1.97. The maximum atomic E-state index is 5.25. The van der Waals surface area contributed by atoms with Gasteiger partial charge < -0.3 is 0 Å². The Bertz CT molecular complexity index is 470. The Morgan fingerprint density at radius 3 is 2.62 bits per heavy atom. The number of hydrazine groups is 1. The molecular formula is C11H12N4S. The van der Waals surface area contributed by atoms with E-state index >= 15 is 0 Å². The maximum Gasteiger partial charge on any atom is 0.238 e. The number of nitrogens with one attached hydrogen (secondary N) is 1. The van der Waals surface area contributed by atoms with Crippen LogP contribution in [0.3, 0.4) is 0 Å². The van der Waals surface area contributed by atoms with Crippen molar-refractivity contribution in [2.45, 2.75) is 16.8 Å². The van der Waals surface area contributed by atoms with Gasteiger partial charge in [-0.3, -0.25) is 5.43 Å².